The third-order valence-corrected chi connectivity index (χ3v) is 3.18. The van der Waals surface area contributed by atoms with Gasteiger partial charge in [-0.15, -0.1) is 0 Å². The van der Waals surface area contributed by atoms with Gasteiger partial charge in [0.1, 0.15) is 0 Å². The quantitative estimate of drug-likeness (QED) is 0.759. The molecule has 2 rings (SSSR count). The fourth-order valence-corrected chi connectivity index (χ4v) is 1.94. The summed E-state index contributed by atoms with van der Waals surface area (Å²) in [5, 5.41) is 2.80. The first-order valence-corrected chi connectivity index (χ1v) is 7.36. The number of carbonyl (C=O) groups is 1. The number of benzene rings is 1. The van der Waals surface area contributed by atoms with Crippen molar-refractivity contribution >= 4 is 5.91 Å². The molecule has 0 aliphatic heterocycles. The van der Waals surface area contributed by atoms with Gasteiger partial charge in [-0.2, -0.15) is 0 Å². The molecule has 1 heterocycles. The average molecular weight is 303 g/mol. The lowest BCUT2D eigenvalue weighted by Gasteiger charge is -2.12. The fourth-order valence-electron chi connectivity index (χ4n) is 1.94. The lowest BCUT2D eigenvalue weighted by Crippen LogP contribution is -2.22. The van der Waals surface area contributed by atoms with Crippen molar-refractivity contribution < 1.29 is 18.7 Å². The average Bonchev–Trinajstić information content (AvgIpc) is 3.08. The summed E-state index contributed by atoms with van der Waals surface area (Å²) in [4.78, 5) is 11.8. The van der Waals surface area contributed by atoms with Crippen molar-refractivity contribution in [2.24, 2.45) is 0 Å². The number of nitrogens with one attached hydrogen (secondary N) is 1. The second kappa shape index (κ2) is 8.12. The molecule has 0 atom stereocenters. The Morgan fingerprint density at radius 2 is 2.14 bits per heavy atom. The number of hydrogen-bond donors (Lipinski definition) is 1. The van der Waals surface area contributed by atoms with Gasteiger partial charge in [-0.1, -0.05) is 19.4 Å². The van der Waals surface area contributed by atoms with Gasteiger partial charge in [0, 0.05) is 6.54 Å². The van der Waals surface area contributed by atoms with Crippen molar-refractivity contribution in [1.29, 1.82) is 0 Å². The highest BCUT2D eigenvalue weighted by molar-refractivity contribution is 5.91. The summed E-state index contributed by atoms with van der Waals surface area (Å²) in [7, 11) is 1.60. The van der Waals surface area contributed by atoms with E-state index in [1.165, 1.54) is 6.26 Å². The number of unbranched alkanes of at least 4 members (excludes halogenated alkanes) is 1. The number of carbonyl (C=O) groups excluding carboxylic acids is 1. The Kier molecular flexibility index (Phi) is 5.89. The van der Waals surface area contributed by atoms with Crippen LogP contribution >= 0.6 is 0 Å². The third-order valence-electron chi connectivity index (χ3n) is 3.18. The number of rotatable bonds is 8. The van der Waals surface area contributed by atoms with E-state index in [2.05, 4.69) is 12.2 Å². The van der Waals surface area contributed by atoms with Crippen LogP contribution in [0.5, 0.6) is 11.5 Å². The Labute approximate surface area is 130 Å². The van der Waals surface area contributed by atoms with E-state index in [1.54, 1.807) is 19.2 Å². The molecule has 0 spiro atoms. The van der Waals surface area contributed by atoms with Gasteiger partial charge < -0.3 is 19.2 Å². The highest BCUT2D eigenvalue weighted by Crippen LogP contribution is 2.28. The van der Waals surface area contributed by atoms with Crippen LogP contribution in [0.25, 0.3) is 0 Å². The Balaban J connectivity index is 1.95. The van der Waals surface area contributed by atoms with Crippen molar-refractivity contribution in [2.75, 3.05) is 13.7 Å². The molecular formula is C17H21NO4. The van der Waals surface area contributed by atoms with E-state index in [0.29, 0.717) is 24.7 Å². The molecule has 1 N–H and O–H groups in total. The van der Waals surface area contributed by atoms with Crippen molar-refractivity contribution in [2.45, 2.75) is 26.3 Å². The lowest BCUT2D eigenvalue weighted by molar-refractivity contribution is 0.0923. The van der Waals surface area contributed by atoms with Gasteiger partial charge in [-0.05, 0) is 36.2 Å². The highest BCUT2D eigenvalue weighted by atomic mass is 16.5. The first kappa shape index (κ1) is 15.9. The molecule has 0 bridgehead atoms. The summed E-state index contributed by atoms with van der Waals surface area (Å²) >= 11 is 0. The molecule has 0 radical (unpaired) electrons. The van der Waals surface area contributed by atoms with Gasteiger partial charge in [0.15, 0.2) is 17.3 Å². The van der Waals surface area contributed by atoms with Crippen LogP contribution in [-0.4, -0.2) is 19.6 Å². The molecule has 0 saturated carbocycles. The number of hydrogen-bond acceptors (Lipinski definition) is 4. The summed E-state index contributed by atoms with van der Waals surface area (Å²) in [6.07, 6.45) is 3.56. The predicted octanol–water partition coefficient (Wildman–Crippen LogP) is 3.40. The van der Waals surface area contributed by atoms with Crippen molar-refractivity contribution in [1.82, 2.24) is 5.32 Å². The summed E-state index contributed by atoms with van der Waals surface area (Å²) < 4.78 is 16.1. The molecule has 0 aliphatic rings. The maximum Gasteiger partial charge on any atom is 0.287 e. The standard InChI is InChI=1S/C17H21NO4/c1-3-4-9-21-14-8-7-13(11-16(14)20-2)12-18-17(19)15-6-5-10-22-15/h5-8,10-11H,3-4,9,12H2,1-2H3,(H,18,19). The van der Waals surface area contributed by atoms with Gasteiger partial charge >= 0.3 is 0 Å². The minimum absolute atomic E-state index is 0.243. The molecule has 118 valence electrons. The predicted molar refractivity (Wildman–Crippen MR) is 83.3 cm³/mol. The van der Waals surface area contributed by atoms with Crippen LogP contribution in [-0.2, 0) is 6.54 Å². The van der Waals surface area contributed by atoms with E-state index < -0.39 is 0 Å². The monoisotopic (exact) mass is 303 g/mol. The van der Waals surface area contributed by atoms with Gasteiger partial charge in [0.2, 0.25) is 0 Å². The second-order valence-corrected chi connectivity index (χ2v) is 4.85. The van der Waals surface area contributed by atoms with Crippen LogP contribution in [0.3, 0.4) is 0 Å². The van der Waals surface area contributed by atoms with E-state index in [0.717, 1.165) is 24.2 Å². The summed E-state index contributed by atoms with van der Waals surface area (Å²) in [6.45, 7) is 3.18. The molecule has 5 heteroatoms. The highest BCUT2D eigenvalue weighted by Gasteiger charge is 2.09. The van der Waals surface area contributed by atoms with Crippen LogP contribution in [0.1, 0.15) is 35.9 Å². The molecule has 0 aliphatic carbocycles. The van der Waals surface area contributed by atoms with Gasteiger partial charge in [-0.3, -0.25) is 4.79 Å². The Morgan fingerprint density at radius 1 is 1.27 bits per heavy atom. The zero-order valence-corrected chi connectivity index (χ0v) is 12.9. The zero-order chi connectivity index (χ0) is 15.8. The normalized spacial score (nSPS) is 10.3. The van der Waals surface area contributed by atoms with Crippen LogP contribution < -0.4 is 14.8 Å². The molecule has 0 unspecified atom stereocenters. The second-order valence-electron chi connectivity index (χ2n) is 4.85. The Hall–Kier alpha value is -2.43. The van der Waals surface area contributed by atoms with Crippen molar-refractivity contribution in [3.8, 4) is 11.5 Å². The number of furan rings is 1. The molecule has 1 amide bonds. The summed E-state index contributed by atoms with van der Waals surface area (Å²) in [5.74, 6) is 1.44. The molecule has 0 saturated heterocycles. The van der Waals surface area contributed by atoms with Gasteiger partial charge in [-0.25, -0.2) is 0 Å². The van der Waals surface area contributed by atoms with E-state index in [4.69, 9.17) is 13.9 Å². The largest absolute Gasteiger partial charge is 0.493 e. The van der Waals surface area contributed by atoms with Crippen LogP contribution in [0.15, 0.2) is 41.0 Å². The molecule has 1 aromatic carbocycles. The minimum atomic E-state index is -0.243. The molecule has 0 fully saturated rings. The summed E-state index contributed by atoms with van der Waals surface area (Å²) in [5.41, 5.74) is 0.930. The molecule has 5 nitrogen and oxygen atoms in total. The Bertz CT molecular complexity index is 593. The maximum absolute atomic E-state index is 11.8. The topological polar surface area (TPSA) is 60.7 Å². The number of methoxy groups -OCH3 is 1. The SMILES string of the molecule is CCCCOc1ccc(CNC(=O)c2ccco2)cc1OC. The lowest BCUT2D eigenvalue weighted by atomic mass is 10.2. The van der Waals surface area contributed by atoms with Crippen LogP contribution in [0, 0.1) is 0 Å². The fraction of sp³-hybridized carbons (Fsp3) is 0.353. The van der Waals surface area contributed by atoms with E-state index in [1.807, 2.05) is 18.2 Å². The molecule has 22 heavy (non-hydrogen) atoms. The first-order valence-electron chi connectivity index (χ1n) is 7.36. The number of amides is 1. The summed E-state index contributed by atoms with van der Waals surface area (Å²) in [6, 6.07) is 8.94. The van der Waals surface area contributed by atoms with E-state index >= 15 is 0 Å². The van der Waals surface area contributed by atoms with Crippen molar-refractivity contribution in [3.05, 3.63) is 47.9 Å². The zero-order valence-electron chi connectivity index (χ0n) is 12.9. The van der Waals surface area contributed by atoms with Crippen LogP contribution in [0.2, 0.25) is 0 Å². The Morgan fingerprint density at radius 3 is 2.82 bits per heavy atom. The molecule has 2 aromatic rings. The van der Waals surface area contributed by atoms with E-state index in [-0.39, 0.29) is 5.91 Å². The van der Waals surface area contributed by atoms with Gasteiger partial charge in [0.05, 0.1) is 20.0 Å². The van der Waals surface area contributed by atoms with Crippen molar-refractivity contribution in [3.63, 3.8) is 0 Å². The van der Waals surface area contributed by atoms with E-state index in [9.17, 15) is 4.79 Å². The van der Waals surface area contributed by atoms with Crippen LogP contribution in [0.4, 0.5) is 0 Å². The molecule has 1 aromatic heterocycles. The molecular weight excluding hydrogens is 282 g/mol. The first-order chi connectivity index (χ1) is 10.7. The number of ether oxygens (including phenoxy) is 2. The third kappa shape index (κ3) is 4.28. The smallest absolute Gasteiger partial charge is 0.287 e. The van der Waals surface area contributed by atoms with Gasteiger partial charge in [0.25, 0.3) is 5.91 Å². The minimum Gasteiger partial charge on any atom is -0.493 e. The maximum atomic E-state index is 11.8.